The average Bonchev–Trinajstić information content (AvgIpc) is 3.13. The molecule has 3 rings (SSSR count). The van der Waals surface area contributed by atoms with Gasteiger partial charge in [-0.3, -0.25) is 4.40 Å². The van der Waals surface area contributed by atoms with Crippen LogP contribution < -0.4 is 10.0 Å². The molecular weight excluding hydrogens is 330 g/mol. The Balaban J connectivity index is 1.84. The van der Waals surface area contributed by atoms with Crippen molar-refractivity contribution in [3.05, 3.63) is 28.2 Å². The molecular formula is C11H13N5O2S3. The SMILES string of the molecule is CNc1nc2sccn2c1S(=O)(=O)NCCc1cscn1. The summed E-state index contributed by atoms with van der Waals surface area (Å²) in [4.78, 5) is 9.02. The van der Waals surface area contributed by atoms with Crippen LogP contribution in [0.4, 0.5) is 5.82 Å². The number of anilines is 1. The highest BCUT2D eigenvalue weighted by molar-refractivity contribution is 7.89. The van der Waals surface area contributed by atoms with E-state index in [0.717, 1.165) is 5.69 Å². The van der Waals surface area contributed by atoms with E-state index < -0.39 is 10.0 Å². The van der Waals surface area contributed by atoms with E-state index in [2.05, 4.69) is 20.0 Å². The van der Waals surface area contributed by atoms with Crippen molar-refractivity contribution >= 4 is 43.5 Å². The maximum atomic E-state index is 12.5. The molecule has 0 aliphatic carbocycles. The molecule has 0 spiro atoms. The van der Waals surface area contributed by atoms with Crippen molar-refractivity contribution in [1.29, 1.82) is 0 Å². The lowest BCUT2D eigenvalue weighted by molar-refractivity contribution is 0.577. The topological polar surface area (TPSA) is 88.4 Å². The van der Waals surface area contributed by atoms with E-state index in [9.17, 15) is 8.42 Å². The van der Waals surface area contributed by atoms with Gasteiger partial charge in [0.05, 0.1) is 11.2 Å². The van der Waals surface area contributed by atoms with Crippen LogP contribution in [-0.4, -0.2) is 36.4 Å². The molecule has 0 amide bonds. The summed E-state index contributed by atoms with van der Waals surface area (Å²) in [6, 6.07) is 0. The Morgan fingerprint density at radius 2 is 2.29 bits per heavy atom. The molecule has 7 nitrogen and oxygen atoms in total. The zero-order chi connectivity index (χ0) is 14.9. The maximum absolute atomic E-state index is 12.5. The molecule has 0 bridgehead atoms. The van der Waals surface area contributed by atoms with E-state index >= 15 is 0 Å². The van der Waals surface area contributed by atoms with Gasteiger partial charge in [0.25, 0.3) is 10.0 Å². The minimum atomic E-state index is -3.64. The van der Waals surface area contributed by atoms with E-state index in [4.69, 9.17) is 0 Å². The number of imidazole rings is 1. The van der Waals surface area contributed by atoms with Crippen molar-refractivity contribution in [3.8, 4) is 0 Å². The zero-order valence-electron chi connectivity index (χ0n) is 11.1. The van der Waals surface area contributed by atoms with E-state index in [0.29, 0.717) is 23.7 Å². The van der Waals surface area contributed by atoms with Crippen LogP contribution in [0.15, 0.2) is 27.5 Å². The third kappa shape index (κ3) is 2.79. The summed E-state index contributed by atoms with van der Waals surface area (Å²) in [5.41, 5.74) is 2.61. The lowest BCUT2D eigenvalue weighted by Gasteiger charge is -2.07. The Morgan fingerprint density at radius 3 is 3.00 bits per heavy atom. The van der Waals surface area contributed by atoms with Gasteiger partial charge in [-0.15, -0.1) is 22.7 Å². The predicted octanol–water partition coefficient (Wildman–Crippen LogP) is 1.41. The van der Waals surface area contributed by atoms with Crippen molar-refractivity contribution in [3.63, 3.8) is 0 Å². The highest BCUT2D eigenvalue weighted by Crippen LogP contribution is 2.25. The van der Waals surface area contributed by atoms with Gasteiger partial charge in [0, 0.05) is 37.0 Å². The zero-order valence-corrected chi connectivity index (χ0v) is 13.6. The largest absolute Gasteiger partial charge is 0.371 e. The van der Waals surface area contributed by atoms with Crippen molar-refractivity contribution < 1.29 is 8.42 Å². The van der Waals surface area contributed by atoms with Gasteiger partial charge in [-0.1, -0.05) is 0 Å². The Hall–Kier alpha value is -1.49. The molecule has 0 aliphatic rings. The summed E-state index contributed by atoms with van der Waals surface area (Å²) in [6.45, 7) is 0.298. The molecule has 0 fully saturated rings. The second-order valence-corrected chi connectivity index (χ2v) is 7.47. The number of hydrogen-bond donors (Lipinski definition) is 2. The molecule has 10 heteroatoms. The molecule has 3 heterocycles. The van der Waals surface area contributed by atoms with Crippen molar-refractivity contribution in [1.82, 2.24) is 19.1 Å². The summed E-state index contributed by atoms with van der Waals surface area (Å²) in [5.74, 6) is 0.350. The van der Waals surface area contributed by atoms with Gasteiger partial charge >= 0.3 is 0 Å². The fraction of sp³-hybridized carbons (Fsp3) is 0.273. The predicted molar refractivity (Wildman–Crippen MR) is 83.6 cm³/mol. The van der Waals surface area contributed by atoms with Gasteiger partial charge in [-0.25, -0.2) is 23.1 Å². The second kappa shape index (κ2) is 5.72. The minimum Gasteiger partial charge on any atom is -0.371 e. The first-order valence-corrected chi connectivity index (χ1v) is 9.42. The molecule has 21 heavy (non-hydrogen) atoms. The first-order valence-electron chi connectivity index (χ1n) is 6.12. The number of nitrogens with zero attached hydrogens (tertiary/aromatic N) is 3. The molecule has 0 saturated carbocycles. The van der Waals surface area contributed by atoms with Crippen LogP contribution in [0.3, 0.4) is 0 Å². The maximum Gasteiger partial charge on any atom is 0.260 e. The molecule has 112 valence electrons. The number of sulfonamides is 1. The van der Waals surface area contributed by atoms with Crippen molar-refractivity contribution in [2.45, 2.75) is 11.4 Å². The first-order chi connectivity index (χ1) is 10.1. The molecule has 0 unspecified atom stereocenters. The number of thiazole rings is 2. The van der Waals surface area contributed by atoms with Gasteiger partial charge in [-0.2, -0.15) is 0 Å². The number of nitrogens with one attached hydrogen (secondary N) is 2. The van der Waals surface area contributed by atoms with Crippen LogP contribution in [0, 0.1) is 0 Å². The Labute approximate surface area is 129 Å². The Morgan fingerprint density at radius 1 is 1.43 bits per heavy atom. The summed E-state index contributed by atoms with van der Waals surface area (Å²) >= 11 is 2.88. The van der Waals surface area contributed by atoms with Crippen molar-refractivity contribution in [2.24, 2.45) is 0 Å². The highest BCUT2D eigenvalue weighted by atomic mass is 32.2. The number of hydrogen-bond acceptors (Lipinski definition) is 7. The van der Waals surface area contributed by atoms with Crippen LogP contribution in [0.25, 0.3) is 4.96 Å². The normalized spacial score (nSPS) is 12.0. The molecule has 2 N–H and O–H groups in total. The van der Waals surface area contributed by atoms with Gasteiger partial charge < -0.3 is 5.32 Å². The van der Waals surface area contributed by atoms with E-state index in [1.165, 1.54) is 22.7 Å². The fourth-order valence-electron chi connectivity index (χ4n) is 1.93. The van der Waals surface area contributed by atoms with E-state index in [1.54, 1.807) is 28.5 Å². The lowest BCUT2D eigenvalue weighted by atomic mass is 10.3. The first kappa shape index (κ1) is 14.4. The minimum absolute atomic E-state index is 0.138. The monoisotopic (exact) mass is 343 g/mol. The number of fused-ring (bicyclic) bond motifs is 1. The van der Waals surface area contributed by atoms with E-state index in [1.807, 2.05) is 5.38 Å². The van der Waals surface area contributed by atoms with Gasteiger partial charge in [0.15, 0.2) is 15.8 Å². The third-order valence-electron chi connectivity index (χ3n) is 2.87. The second-order valence-electron chi connectivity index (χ2n) is 4.20. The molecule has 3 aromatic rings. The van der Waals surface area contributed by atoms with Gasteiger partial charge in [0.1, 0.15) is 0 Å². The highest BCUT2D eigenvalue weighted by Gasteiger charge is 2.25. The van der Waals surface area contributed by atoms with Crippen LogP contribution in [0.1, 0.15) is 5.69 Å². The summed E-state index contributed by atoms with van der Waals surface area (Å²) < 4.78 is 29.1. The van der Waals surface area contributed by atoms with Gasteiger partial charge in [0.2, 0.25) is 0 Å². The standard InChI is InChI=1S/C11H13N5O2S3/c1-12-9-10(16-4-5-20-11(16)15-9)21(17,18)14-3-2-8-6-19-7-13-8/h4-7,12,14H,2-3H2,1H3. The molecule has 3 aromatic heterocycles. The quantitative estimate of drug-likeness (QED) is 0.706. The lowest BCUT2D eigenvalue weighted by Crippen LogP contribution is -2.27. The molecule has 0 aliphatic heterocycles. The molecule has 0 aromatic carbocycles. The van der Waals surface area contributed by atoms with Crippen LogP contribution >= 0.6 is 22.7 Å². The summed E-state index contributed by atoms with van der Waals surface area (Å²) in [7, 11) is -1.99. The average molecular weight is 343 g/mol. The smallest absolute Gasteiger partial charge is 0.260 e. The van der Waals surface area contributed by atoms with Gasteiger partial charge in [-0.05, 0) is 0 Å². The number of aromatic nitrogens is 3. The van der Waals surface area contributed by atoms with E-state index in [-0.39, 0.29) is 5.03 Å². The molecule has 0 radical (unpaired) electrons. The summed E-state index contributed by atoms with van der Waals surface area (Å²) in [6.07, 6.45) is 2.26. The Bertz CT molecular complexity index is 835. The molecule has 0 atom stereocenters. The van der Waals surface area contributed by atoms with Crippen LogP contribution in [-0.2, 0) is 16.4 Å². The number of rotatable bonds is 6. The molecule has 0 saturated heterocycles. The Kier molecular flexibility index (Phi) is 3.93. The van der Waals surface area contributed by atoms with Crippen LogP contribution in [0.5, 0.6) is 0 Å². The van der Waals surface area contributed by atoms with Crippen LogP contribution in [0.2, 0.25) is 0 Å². The van der Waals surface area contributed by atoms with Crippen molar-refractivity contribution in [2.75, 3.05) is 18.9 Å². The third-order valence-corrected chi connectivity index (χ3v) is 5.74. The fourth-order valence-corrected chi connectivity index (χ4v) is 4.61. The summed E-state index contributed by atoms with van der Waals surface area (Å²) in [5, 5.41) is 6.67.